The van der Waals surface area contributed by atoms with Crippen LogP contribution in [0.1, 0.15) is 47.9 Å². The molecular formula is C24H32BrNO. The lowest BCUT2D eigenvalue weighted by Crippen LogP contribution is -3.00. The molecule has 0 spiro atoms. The minimum Gasteiger partial charge on any atom is -1.00 e. The maximum atomic E-state index is 13.1. The van der Waals surface area contributed by atoms with E-state index in [1.54, 1.807) is 0 Å². The molecule has 0 unspecified atom stereocenters. The molecule has 0 N–H and O–H groups in total. The summed E-state index contributed by atoms with van der Waals surface area (Å²) in [5.74, 6) is 0.389. The van der Waals surface area contributed by atoms with Crippen LogP contribution in [0.5, 0.6) is 0 Å². The maximum Gasteiger partial charge on any atom is 0.191 e. The van der Waals surface area contributed by atoms with Gasteiger partial charge < -0.3 is 21.5 Å². The van der Waals surface area contributed by atoms with Crippen LogP contribution in [0.25, 0.3) is 0 Å². The van der Waals surface area contributed by atoms with E-state index in [2.05, 4.69) is 62.4 Å². The Morgan fingerprint density at radius 3 is 2.04 bits per heavy atom. The first-order chi connectivity index (χ1) is 12.6. The van der Waals surface area contributed by atoms with Crippen LogP contribution < -0.4 is 17.0 Å². The summed E-state index contributed by atoms with van der Waals surface area (Å²) in [4.78, 5) is 13.1. The Morgan fingerprint density at radius 1 is 0.852 bits per heavy atom. The summed E-state index contributed by atoms with van der Waals surface area (Å²) >= 11 is 0. The molecule has 3 rings (SSSR count). The summed E-state index contributed by atoms with van der Waals surface area (Å²) < 4.78 is 0.938. The summed E-state index contributed by atoms with van der Waals surface area (Å²) in [6.07, 6.45) is 5.67. The lowest BCUT2D eigenvalue weighted by Gasteiger charge is -2.37. The minimum atomic E-state index is 0. The number of aryl methyl sites for hydroxylation is 2. The number of benzene rings is 2. The van der Waals surface area contributed by atoms with Crippen LogP contribution in [-0.2, 0) is 17.8 Å². The predicted octanol–water partition coefficient (Wildman–Crippen LogP) is 2.01. The average Bonchev–Trinajstić information content (AvgIpc) is 2.85. The van der Waals surface area contributed by atoms with Crippen LogP contribution >= 0.6 is 0 Å². The van der Waals surface area contributed by atoms with Crippen LogP contribution in [0.3, 0.4) is 0 Å². The molecule has 146 valence electrons. The molecule has 2 aromatic carbocycles. The van der Waals surface area contributed by atoms with Crippen molar-refractivity contribution >= 4 is 5.78 Å². The molecule has 2 nitrogen and oxygen atoms in total. The van der Waals surface area contributed by atoms with Gasteiger partial charge in [-0.25, -0.2) is 0 Å². The van der Waals surface area contributed by atoms with Gasteiger partial charge >= 0.3 is 0 Å². The van der Waals surface area contributed by atoms with Crippen molar-refractivity contribution in [2.45, 2.75) is 52.5 Å². The smallest absolute Gasteiger partial charge is 0.191 e. The van der Waals surface area contributed by atoms with E-state index in [9.17, 15) is 4.79 Å². The van der Waals surface area contributed by atoms with Crippen molar-refractivity contribution in [1.82, 2.24) is 0 Å². The Morgan fingerprint density at radius 2 is 1.44 bits per heavy atom. The van der Waals surface area contributed by atoms with Crippen molar-refractivity contribution in [1.29, 1.82) is 0 Å². The molecule has 1 aliphatic heterocycles. The average molecular weight is 430 g/mol. The zero-order valence-corrected chi connectivity index (χ0v) is 18.3. The monoisotopic (exact) mass is 429 g/mol. The van der Waals surface area contributed by atoms with Gasteiger partial charge in [-0.05, 0) is 56.2 Å². The molecule has 1 aliphatic rings. The Balaban J connectivity index is 0.00000261. The lowest BCUT2D eigenvalue weighted by atomic mass is 9.97. The first-order valence-electron chi connectivity index (χ1n) is 10.0. The summed E-state index contributed by atoms with van der Waals surface area (Å²) in [5.41, 5.74) is 5.06. The lowest BCUT2D eigenvalue weighted by molar-refractivity contribution is -0.932. The molecule has 1 heterocycles. The Labute approximate surface area is 175 Å². The second kappa shape index (κ2) is 10.2. The fourth-order valence-corrected chi connectivity index (χ4v) is 4.46. The van der Waals surface area contributed by atoms with Crippen molar-refractivity contribution < 1.29 is 26.3 Å². The number of halogens is 1. The number of rotatable bonds is 6. The summed E-state index contributed by atoms with van der Waals surface area (Å²) in [6, 6.07) is 17.0. The molecule has 0 radical (unpaired) electrons. The van der Waals surface area contributed by atoms with Crippen molar-refractivity contribution in [3.05, 3.63) is 70.8 Å². The van der Waals surface area contributed by atoms with E-state index in [0.717, 1.165) is 24.1 Å². The summed E-state index contributed by atoms with van der Waals surface area (Å²) in [5, 5.41) is 0. The molecule has 0 aliphatic carbocycles. The second-order valence-electron chi connectivity index (χ2n) is 8.09. The van der Waals surface area contributed by atoms with E-state index in [1.165, 1.54) is 47.9 Å². The normalized spacial score (nSPS) is 16.2. The quantitative estimate of drug-likeness (QED) is 0.641. The highest BCUT2D eigenvalue weighted by Gasteiger charge is 2.31. The SMILES string of the molecule is Cc1cccc(C)c1CC(=O)C[N+]1(Cc2ccccc2)CCCCCC1.[Br-]. The van der Waals surface area contributed by atoms with Crippen molar-refractivity contribution in [2.75, 3.05) is 19.6 Å². The molecule has 2 aromatic rings. The molecule has 1 saturated heterocycles. The Kier molecular flexibility index (Phi) is 8.25. The largest absolute Gasteiger partial charge is 1.00 e. The first-order valence-corrected chi connectivity index (χ1v) is 10.0. The zero-order chi connectivity index (χ0) is 18.4. The number of carbonyl (C=O) groups is 1. The van der Waals surface area contributed by atoms with Gasteiger partial charge in [0.05, 0.1) is 13.1 Å². The van der Waals surface area contributed by atoms with Crippen LogP contribution in [0.4, 0.5) is 0 Å². The number of hydrogen-bond acceptors (Lipinski definition) is 1. The van der Waals surface area contributed by atoms with Gasteiger partial charge in [0.2, 0.25) is 0 Å². The Bertz CT molecular complexity index is 713. The molecule has 1 fully saturated rings. The topological polar surface area (TPSA) is 17.1 Å². The third-order valence-corrected chi connectivity index (χ3v) is 5.91. The van der Waals surface area contributed by atoms with E-state index < -0.39 is 0 Å². The molecule has 27 heavy (non-hydrogen) atoms. The highest BCUT2D eigenvalue weighted by molar-refractivity contribution is 5.82. The van der Waals surface area contributed by atoms with Gasteiger partial charge in [0, 0.05) is 12.0 Å². The fraction of sp³-hybridized carbons (Fsp3) is 0.458. The molecule has 0 saturated carbocycles. The van der Waals surface area contributed by atoms with Gasteiger partial charge in [0.25, 0.3) is 0 Å². The zero-order valence-electron chi connectivity index (χ0n) is 16.7. The molecule has 3 heteroatoms. The predicted molar refractivity (Wildman–Crippen MR) is 108 cm³/mol. The molecule has 0 atom stereocenters. The van der Waals surface area contributed by atoms with Crippen LogP contribution in [-0.4, -0.2) is 29.9 Å². The van der Waals surface area contributed by atoms with E-state index in [0.29, 0.717) is 18.7 Å². The van der Waals surface area contributed by atoms with Gasteiger partial charge in [0.15, 0.2) is 5.78 Å². The summed E-state index contributed by atoms with van der Waals surface area (Å²) in [7, 11) is 0. The van der Waals surface area contributed by atoms with Gasteiger partial charge in [-0.2, -0.15) is 0 Å². The van der Waals surface area contributed by atoms with E-state index in [1.807, 2.05) is 0 Å². The van der Waals surface area contributed by atoms with Crippen LogP contribution in [0.15, 0.2) is 48.5 Å². The molecule has 0 aromatic heterocycles. The van der Waals surface area contributed by atoms with E-state index in [4.69, 9.17) is 0 Å². The summed E-state index contributed by atoms with van der Waals surface area (Å²) in [6.45, 7) is 8.16. The number of Topliss-reactive ketones (excluding diaryl/α,β-unsaturated/α-hetero) is 1. The number of ketones is 1. The van der Waals surface area contributed by atoms with Crippen molar-refractivity contribution in [3.63, 3.8) is 0 Å². The third kappa shape index (κ3) is 6.02. The van der Waals surface area contributed by atoms with Crippen LogP contribution in [0.2, 0.25) is 0 Å². The fourth-order valence-electron chi connectivity index (χ4n) is 4.46. The number of hydrogen-bond donors (Lipinski definition) is 0. The Hall–Kier alpha value is -1.45. The molecule has 0 bridgehead atoms. The second-order valence-corrected chi connectivity index (χ2v) is 8.09. The number of likely N-dealkylation sites (tertiary alicyclic amines) is 1. The molecule has 0 amide bonds. The number of quaternary nitrogens is 1. The minimum absolute atomic E-state index is 0. The first kappa shape index (κ1) is 21.8. The standard InChI is InChI=1S/C24H32NO.BrH/c1-20-11-10-12-21(2)24(20)17-23(26)19-25(15-8-3-4-9-16-25)18-22-13-6-5-7-14-22;/h5-7,10-14H,3-4,8-9,15-19H2,1-2H3;1H/q+1;/p-1. The number of carbonyl (C=O) groups excluding carboxylic acids is 1. The van der Waals surface area contributed by atoms with E-state index >= 15 is 0 Å². The van der Waals surface area contributed by atoms with E-state index in [-0.39, 0.29) is 17.0 Å². The highest BCUT2D eigenvalue weighted by Crippen LogP contribution is 2.23. The maximum absolute atomic E-state index is 13.1. The highest BCUT2D eigenvalue weighted by atomic mass is 79.9. The van der Waals surface area contributed by atoms with Gasteiger partial charge in [0.1, 0.15) is 13.1 Å². The third-order valence-electron chi connectivity index (χ3n) is 5.91. The van der Waals surface area contributed by atoms with Crippen LogP contribution in [0, 0.1) is 13.8 Å². The number of nitrogens with zero attached hydrogens (tertiary/aromatic N) is 1. The van der Waals surface area contributed by atoms with Gasteiger partial charge in [-0.3, -0.25) is 4.79 Å². The molecular weight excluding hydrogens is 398 g/mol. The van der Waals surface area contributed by atoms with Crippen molar-refractivity contribution in [3.8, 4) is 0 Å². The van der Waals surface area contributed by atoms with Gasteiger partial charge in [-0.1, -0.05) is 48.5 Å². The van der Waals surface area contributed by atoms with Gasteiger partial charge in [-0.15, -0.1) is 0 Å². The van der Waals surface area contributed by atoms with Crippen molar-refractivity contribution in [2.24, 2.45) is 0 Å².